The lowest BCUT2D eigenvalue weighted by Gasteiger charge is -2.37. The summed E-state index contributed by atoms with van der Waals surface area (Å²) >= 11 is 7.10. The third-order valence-corrected chi connectivity index (χ3v) is 8.18. The summed E-state index contributed by atoms with van der Waals surface area (Å²) < 4.78 is 24.3. The molecule has 2 aliphatic rings. The summed E-state index contributed by atoms with van der Waals surface area (Å²) in [7, 11) is 4.57. The fraction of sp³-hybridized carbons (Fsp3) is 0.222. The zero-order valence-corrected chi connectivity index (χ0v) is 22.6. The molecule has 0 saturated carbocycles. The molecule has 2 atom stereocenters. The summed E-state index contributed by atoms with van der Waals surface area (Å²) in [6.45, 7) is 1.72. The maximum Gasteiger partial charge on any atom is 0.208 e. The molecule has 0 radical (unpaired) electrons. The van der Waals surface area contributed by atoms with Gasteiger partial charge in [-0.3, -0.25) is 4.79 Å². The van der Waals surface area contributed by atoms with Crippen LogP contribution in [-0.2, 0) is 16.0 Å². The number of aliphatic hydroxyl groups is 1. The summed E-state index contributed by atoms with van der Waals surface area (Å²) in [6.07, 6.45) is 0. The number of carbonyl (C=O) groups excluding carboxylic acids is 1. The predicted molar refractivity (Wildman–Crippen MR) is 138 cm³/mol. The summed E-state index contributed by atoms with van der Waals surface area (Å²) in [5, 5.41) is 12.6. The SMILES string of the molecule is COc1ccc([C@@]23Oc4c(Br)c(OC)c(Br)c(OC)c4[C@]2(O)C(=O)C(C)=C3c2ccccc2)cc1. The summed E-state index contributed by atoms with van der Waals surface area (Å²) in [4.78, 5) is 14.1. The van der Waals surface area contributed by atoms with Gasteiger partial charge in [0.05, 0.1) is 26.9 Å². The molecule has 0 bridgehead atoms. The van der Waals surface area contributed by atoms with Crippen molar-refractivity contribution in [2.45, 2.75) is 18.1 Å². The Morgan fingerprint density at radius 1 is 0.857 bits per heavy atom. The van der Waals surface area contributed by atoms with E-state index in [1.54, 1.807) is 38.3 Å². The quantitative estimate of drug-likeness (QED) is 0.400. The second-order valence-electron chi connectivity index (χ2n) is 8.32. The molecule has 1 N–H and O–H groups in total. The number of Topliss-reactive ketones (excluding diaryl/α,β-unsaturated/α-hetero) is 1. The highest BCUT2D eigenvalue weighted by molar-refractivity contribution is 9.11. The Balaban J connectivity index is 1.93. The van der Waals surface area contributed by atoms with Crippen molar-refractivity contribution in [2.75, 3.05) is 21.3 Å². The third-order valence-electron chi connectivity index (χ3n) is 6.74. The fourth-order valence-corrected chi connectivity index (χ4v) is 6.87. The van der Waals surface area contributed by atoms with E-state index in [1.165, 1.54) is 14.2 Å². The van der Waals surface area contributed by atoms with Crippen molar-refractivity contribution in [3.8, 4) is 23.0 Å². The maximum atomic E-state index is 14.1. The van der Waals surface area contributed by atoms with Gasteiger partial charge < -0.3 is 24.1 Å². The highest BCUT2D eigenvalue weighted by atomic mass is 79.9. The van der Waals surface area contributed by atoms with Crippen LogP contribution in [0, 0.1) is 0 Å². The van der Waals surface area contributed by atoms with E-state index in [1.807, 2.05) is 30.3 Å². The highest BCUT2D eigenvalue weighted by Gasteiger charge is 2.73. The molecule has 1 heterocycles. The number of methoxy groups -OCH3 is 3. The number of carbonyl (C=O) groups is 1. The van der Waals surface area contributed by atoms with Gasteiger partial charge in [-0.05, 0) is 56.5 Å². The zero-order chi connectivity index (χ0) is 25.1. The Labute approximate surface area is 219 Å². The van der Waals surface area contributed by atoms with E-state index in [9.17, 15) is 9.90 Å². The van der Waals surface area contributed by atoms with Crippen molar-refractivity contribution in [1.29, 1.82) is 0 Å². The van der Waals surface area contributed by atoms with Gasteiger partial charge >= 0.3 is 0 Å². The first-order valence-electron chi connectivity index (χ1n) is 10.8. The first-order chi connectivity index (χ1) is 16.8. The van der Waals surface area contributed by atoms with E-state index in [2.05, 4.69) is 31.9 Å². The lowest BCUT2D eigenvalue weighted by molar-refractivity contribution is -0.146. The second kappa shape index (κ2) is 8.40. The molecule has 35 heavy (non-hydrogen) atoms. The standard InChI is InChI=1S/C27H22Br2O6/c1-14-18(15-8-6-5-7-9-15)27(16-10-12-17(32-2)13-11-16)26(31,25(14)30)19-22(33-3)20(28)24(34-4)21(29)23(19)35-27/h5-13,31H,1-4H3/t26-,27-/m0/s1. The molecule has 180 valence electrons. The van der Waals surface area contributed by atoms with E-state index in [-0.39, 0.29) is 17.1 Å². The molecule has 3 aromatic carbocycles. The van der Waals surface area contributed by atoms with Crippen LogP contribution in [0.1, 0.15) is 23.6 Å². The molecule has 0 amide bonds. The molecule has 0 aromatic heterocycles. The predicted octanol–water partition coefficient (Wildman–Crippen LogP) is 5.77. The average molecular weight is 602 g/mol. The van der Waals surface area contributed by atoms with Crippen LogP contribution in [0.2, 0.25) is 0 Å². The number of fused-ring (bicyclic) bond motifs is 3. The Bertz CT molecular complexity index is 1380. The van der Waals surface area contributed by atoms with E-state index in [0.717, 1.165) is 5.56 Å². The van der Waals surface area contributed by atoms with Gasteiger partial charge in [-0.25, -0.2) is 0 Å². The Morgan fingerprint density at radius 3 is 2.06 bits per heavy atom. The fourth-order valence-electron chi connectivity index (χ4n) is 5.24. The van der Waals surface area contributed by atoms with Gasteiger partial charge in [0.1, 0.15) is 26.2 Å². The average Bonchev–Trinajstić information content (AvgIpc) is 3.24. The van der Waals surface area contributed by atoms with Gasteiger partial charge in [0.25, 0.3) is 0 Å². The monoisotopic (exact) mass is 600 g/mol. The van der Waals surface area contributed by atoms with Crippen LogP contribution in [0.15, 0.2) is 69.1 Å². The van der Waals surface area contributed by atoms with Crippen molar-refractivity contribution in [2.24, 2.45) is 0 Å². The Morgan fingerprint density at radius 2 is 1.49 bits per heavy atom. The molecule has 1 aliphatic carbocycles. The number of rotatable bonds is 5. The number of halogens is 2. The summed E-state index contributed by atoms with van der Waals surface area (Å²) in [6, 6.07) is 16.6. The van der Waals surface area contributed by atoms with Gasteiger partial charge in [-0.15, -0.1) is 0 Å². The first kappa shape index (κ1) is 23.9. The minimum atomic E-state index is -2.12. The molecule has 3 aromatic rings. The van der Waals surface area contributed by atoms with Gasteiger partial charge in [-0.1, -0.05) is 42.5 Å². The van der Waals surface area contributed by atoms with Crippen molar-refractivity contribution in [1.82, 2.24) is 0 Å². The number of ether oxygens (including phenoxy) is 4. The number of hydrogen-bond acceptors (Lipinski definition) is 6. The number of ketones is 1. The molecule has 0 saturated heterocycles. The number of hydrogen-bond donors (Lipinski definition) is 1. The van der Waals surface area contributed by atoms with E-state index in [0.29, 0.717) is 37.2 Å². The van der Waals surface area contributed by atoms with Crippen LogP contribution in [0.3, 0.4) is 0 Å². The second-order valence-corrected chi connectivity index (χ2v) is 9.90. The lowest BCUT2D eigenvalue weighted by atomic mass is 9.72. The van der Waals surface area contributed by atoms with E-state index in [4.69, 9.17) is 18.9 Å². The summed E-state index contributed by atoms with van der Waals surface area (Å²) in [5.41, 5.74) is -1.14. The van der Waals surface area contributed by atoms with Crippen molar-refractivity contribution < 1.29 is 28.8 Å². The summed E-state index contributed by atoms with van der Waals surface area (Å²) in [5.74, 6) is 1.12. The molecule has 8 heteroatoms. The van der Waals surface area contributed by atoms with Gasteiger partial charge in [-0.2, -0.15) is 0 Å². The molecule has 6 nitrogen and oxygen atoms in total. The van der Waals surface area contributed by atoms with Crippen LogP contribution in [0.4, 0.5) is 0 Å². The largest absolute Gasteiger partial charge is 0.497 e. The van der Waals surface area contributed by atoms with Gasteiger partial charge in [0.15, 0.2) is 11.5 Å². The Kier molecular flexibility index (Phi) is 5.74. The van der Waals surface area contributed by atoms with Crippen LogP contribution in [0.5, 0.6) is 23.0 Å². The van der Waals surface area contributed by atoms with Crippen molar-refractivity contribution >= 4 is 43.2 Å². The first-order valence-corrected chi connectivity index (χ1v) is 12.4. The molecule has 5 rings (SSSR count). The van der Waals surface area contributed by atoms with E-state index < -0.39 is 17.0 Å². The molecular weight excluding hydrogens is 580 g/mol. The van der Waals surface area contributed by atoms with Gasteiger partial charge in [0, 0.05) is 16.7 Å². The maximum absolute atomic E-state index is 14.1. The highest BCUT2D eigenvalue weighted by Crippen LogP contribution is 2.69. The molecule has 0 fully saturated rings. The minimum Gasteiger partial charge on any atom is -0.497 e. The molecule has 1 aliphatic heterocycles. The topological polar surface area (TPSA) is 74.2 Å². The smallest absolute Gasteiger partial charge is 0.208 e. The van der Waals surface area contributed by atoms with Crippen LogP contribution >= 0.6 is 31.9 Å². The minimum absolute atomic E-state index is 0.227. The van der Waals surface area contributed by atoms with Crippen molar-refractivity contribution in [3.63, 3.8) is 0 Å². The Hall–Kier alpha value is -2.81. The number of benzene rings is 3. The third kappa shape index (κ3) is 2.93. The molecule has 0 unspecified atom stereocenters. The van der Waals surface area contributed by atoms with E-state index >= 15 is 0 Å². The lowest BCUT2D eigenvalue weighted by Crippen LogP contribution is -2.50. The van der Waals surface area contributed by atoms with Crippen LogP contribution in [0.25, 0.3) is 5.57 Å². The van der Waals surface area contributed by atoms with Crippen LogP contribution < -0.4 is 18.9 Å². The normalized spacial score (nSPS) is 22.5. The molecule has 0 spiro atoms. The molecular formula is C27H22Br2O6. The van der Waals surface area contributed by atoms with Crippen molar-refractivity contribution in [3.05, 3.63) is 85.8 Å². The zero-order valence-electron chi connectivity index (χ0n) is 19.4. The van der Waals surface area contributed by atoms with Crippen LogP contribution in [-0.4, -0.2) is 32.2 Å². The van der Waals surface area contributed by atoms with Gasteiger partial charge in [0.2, 0.25) is 11.2 Å².